The van der Waals surface area contributed by atoms with E-state index in [4.69, 9.17) is 9.47 Å². The van der Waals surface area contributed by atoms with E-state index in [1.807, 2.05) is 6.07 Å². The zero-order chi connectivity index (χ0) is 11.2. The van der Waals surface area contributed by atoms with Crippen molar-refractivity contribution in [2.75, 3.05) is 13.2 Å². The van der Waals surface area contributed by atoms with Gasteiger partial charge in [-0.1, -0.05) is 44.2 Å². The van der Waals surface area contributed by atoms with E-state index in [0.717, 1.165) is 19.6 Å². The SMILES string of the molecule is CC1(C)COC2(C[C@@H]2c2ccccc2)OC1. The Bertz CT molecular complexity index is 373. The van der Waals surface area contributed by atoms with Crippen molar-refractivity contribution in [1.29, 1.82) is 0 Å². The topological polar surface area (TPSA) is 18.5 Å². The molecule has 0 unspecified atom stereocenters. The highest BCUT2D eigenvalue weighted by Gasteiger charge is 2.60. The molecule has 1 spiro atoms. The summed E-state index contributed by atoms with van der Waals surface area (Å²) in [6, 6.07) is 10.5. The molecule has 0 bridgehead atoms. The molecule has 1 heterocycles. The molecule has 1 aromatic carbocycles. The van der Waals surface area contributed by atoms with Gasteiger partial charge in [-0.3, -0.25) is 0 Å². The molecule has 16 heavy (non-hydrogen) atoms. The van der Waals surface area contributed by atoms with Gasteiger partial charge in [-0.2, -0.15) is 0 Å². The molecule has 1 aliphatic carbocycles. The summed E-state index contributed by atoms with van der Waals surface area (Å²) in [4.78, 5) is 0. The van der Waals surface area contributed by atoms with Gasteiger partial charge in [0.1, 0.15) is 0 Å². The maximum atomic E-state index is 5.94. The van der Waals surface area contributed by atoms with Crippen LogP contribution in [0.15, 0.2) is 30.3 Å². The van der Waals surface area contributed by atoms with Gasteiger partial charge < -0.3 is 9.47 Å². The lowest BCUT2D eigenvalue weighted by Crippen LogP contribution is -2.39. The highest BCUT2D eigenvalue weighted by Crippen LogP contribution is 2.57. The molecular weight excluding hydrogens is 200 g/mol. The predicted molar refractivity (Wildman–Crippen MR) is 62.2 cm³/mol. The molecule has 3 rings (SSSR count). The van der Waals surface area contributed by atoms with Crippen molar-refractivity contribution >= 4 is 0 Å². The minimum atomic E-state index is -0.295. The van der Waals surface area contributed by atoms with Crippen LogP contribution in [-0.4, -0.2) is 19.0 Å². The van der Waals surface area contributed by atoms with E-state index in [2.05, 4.69) is 38.1 Å². The van der Waals surface area contributed by atoms with Gasteiger partial charge >= 0.3 is 0 Å². The van der Waals surface area contributed by atoms with Crippen molar-refractivity contribution in [3.8, 4) is 0 Å². The van der Waals surface area contributed by atoms with Crippen LogP contribution in [0.1, 0.15) is 31.7 Å². The number of hydrogen-bond acceptors (Lipinski definition) is 2. The Kier molecular flexibility index (Phi) is 2.13. The minimum absolute atomic E-state index is 0.162. The number of ether oxygens (including phenoxy) is 2. The van der Waals surface area contributed by atoms with Gasteiger partial charge in [0.15, 0.2) is 5.79 Å². The molecular formula is C14H18O2. The molecule has 1 aliphatic heterocycles. The van der Waals surface area contributed by atoms with E-state index in [0.29, 0.717) is 5.92 Å². The lowest BCUT2D eigenvalue weighted by molar-refractivity contribution is -0.245. The quantitative estimate of drug-likeness (QED) is 0.721. The number of benzene rings is 1. The summed E-state index contributed by atoms with van der Waals surface area (Å²) in [5, 5.41) is 0. The van der Waals surface area contributed by atoms with Gasteiger partial charge in [-0.15, -0.1) is 0 Å². The molecule has 0 amide bonds. The molecule has 2 fully saturated rings. The van der Waals surface area contributed by atoms with Crippen molar-refractivity contribution in [1.82, 2.24) is 0 Å². The first-order chi connectivity index (χ1) is 7.61. The summed E-state index contributed by atoms with van der Waals surface area (Å²) in [6.07, 6.45) is 1.01. The van der Waals surface area contributed by atoms with Crippen LogP contribution in [0, 0.1) is 5.41 Å². The second kappa shape index (κ2) is 3.31. The van der Waals surface area contributed by atoms with E-state index >= 15 is 0 Å². The Morgan fingerprint density at radius 3 is 2.31 bits per heavy atom. The third kappa shape index (κ3) is 1.66. The molecule has 0 radical (unpaired) electrons. The second-order valence-corrected chi connectivity index (χ2v) is 5.72. The van der Waals surface area contributed by atoms with Gasteiger partial charge in [-0.05, 0) is 5.56 Å². The molecule has 2 nitrogen and oxygen atoms in total. The summed E-state index contributed by atoms with van der Waals surface area (Å²) in [5.41, 5.74) is 1.50. The summed E-state index contributed by atoms with van der Waals surface area (Å²) in [5.74, 6) is 0.140. The van der Waals surface area contributed by atoms with E-state index in [9.17, 15) is 0 Å². The van der Waals surface area contributed by atoms with Crippen LogP contribution in [0.2, 0.25) is 0 Å². The van der Waals surface area contributed by atoms with Crippen LogP contribution in [-0.2, 0) is 9.47 Å². The average Bonchev–Trinajstić information content (AvgIpc) is 3.00. The van der Waals surface area contributed by atoms with Gasteiger partial charge in [-0.25, -0.2) is 0 Å². The molecule has 1 saturated heterocycles. The second-order valence-electron chi connectivity index (χ2n) is 5.72. The highest BCUT2D eigenvalue weighted by atomic mass is 16.7. The Hall–Kier alpha value is -0.860. The Labute approximate surface area is 96.6 Å². The maximum absolute atomic E-state index is 5.94. The van der Waals surface area contributed by atoms with E-state index in [1.54, 1.807) is 0 Å². The van der Waals surface area contributed by atoms with Gasteiger partial charge in [0.25, 0.3) is 0 Å². The van der Waals surface area contributed by atoms with Crippen molar-refractivity contribution in [2.24, 2.45) is 5.41 Å². The van der Waals surface area contributed by atoms with Gasteiger partial charge in [0.2, 0.25) is 0 Å². The van der Waals surface area contributed by atoms with Gasteiger partial charge in [0.05, 0.1) is 13.2 Å². The molecule has 0 N–H and O–H groups in total. The zero-order valence-corrected chi connectivity index (χ0v) is 9.90. The molecule has 1 saturated carbocycles. The van der Waals surface area contributed by atoms with Crippen molar-refractivity contribution in [2.45, 2.75) is 32.0 Å². The monoisotopic (exact) mass is 218 g/mol. The molecule has 1 aromatic rings. The van der Waals surface area contributed by atoms with Crippen molar-refractivity contribution in [3.63, 3.8) is 0 Å². The molecule has 0 aromatic heterocycles. The molecule has 2 aliphatic rings. The summed E-state index contributed by atoms with van der Waals surface area (Å²) in [6.45, 7) is 5.96. The molecule has 86 valence electrons. The zero-order valence-electron chi connectivity index (χ0n) is 9.90. The Balaban J connectivity index is 1.72. The Morgan fingerprint density at radius 2 is 1.69 bits per heavy atom. The smallest absolute Gasteiger partial charge is 0.176 e. The van der Waals surface area contributed by atoms with Crippen LogP contribution >= 0.6 is 0 Å². The molecule has 1 atom stereocenters. The van der Waals surface area contributed by atoms with Crippen molar-refractivity contribution < 1.29 is 9.47 Å². The van der Waals surface area contributed by atoms with Gasteiger partial charge in [0, 0.05) is 17.8 Å². The summed E-state index contributed by atoms with van der Waals surface area (Å²) < 4.78 is 11.9. The van der Waals surface area contributed by atoms with Crippen LogP contribution < -0.4 is 0 Å². The third-order valence-electron chi connectivity index (χ3n) is 3.48. The van der Waals surface area contributed by atoms with E-state index in [-0.39, 0.29) is 11.2 Å². The third-order valence-corrected chi connectivity index (χ3v) is 3.48. The van der Waals surface area contributed by atoms with Crippen molar-refractivity contribution in [3.05, 3.63) is 35.9 Å². The average molecular weight is 218 g/mol. The fourth-order valence-electron chi connectivity index (χ4n) is 2.32. The fraction of sp³-hybridized carbons (Fsp3) is 0.571. The van der Waals surface area contributed by atoms with E-state index < -0.39 is 0 Å². The van der Waals surface area contributed by atoms with Crippen LogP contribution in [0.4, 0.5) is 0 Å². The highest BCUT2D eigenvalue weighted by molar-refractivity contribution is 5.29. The van der Waals surface area contributed by atoms with E-state index in [1.165, 1.54) is 5.56 Å². The predicted octanol–water partition coefficient (Wildman–Crippen LogP) is 2.94. The van der Waals surface area contributed by atoms with Crippen LogP contribution in [0.3, 0.4) is 0 Å². The number of hydrogen-bond donors (Lipinski definition) is 0. The first kappa shape index (κ1) is 10.3. The number of rotatable bonds is 1. The minimum Gasteiger partial charge on any atom is -0.349 e. The Morgan fingerprint density at radius 1 is 1.06 bits per heavy atom. The first-order valence-electron chi connectivity index (χ1n) is 5.94. The molecule has 2 heteroatoms. The van der Waals surface area contributed by atoms with Crippen LogP contribution in [0.5, 0.6) is 0 Å². The summed E-state index contributed by atoms with van der Waals surface area (Å²) in [7, 11) is 0. The fourth-order valence-corrected chi connectivity index (χ4v) is 2.32. The maximum Gasteiger partial charge on any atom is 0.176 e. The summed E-state index contributed by atoms with van der Waals surface area (Å²) >= 11 is 0. The standard InChI is InChI=1S/C14H18O2/c1-13(2)9-15-14(16-10-13)8-12(14)11-6-4-3-5-7-11/h3-7,12H,8-10H2,1-2H3/t12-/m1/s1. The lowest BCUT2D eigenvalue weighted by atomic mass is 9.95. The van der Waals surface area contributed by atoms with Crippen LogP contribution in [0.25, 0.3) is 0 Å². The largest absolute Gasteiger partial charge is 0.349 e. The normalized spacial score (nSPS) is 30.2. The first-order valence-corrected chi connectivity index (χ1v) is 5.94. The lowest BCUT2D eigenvalue weighted by Gasteiger charge is -2.35.